The van der Waals surface area contributed by atoms with Gasteiger partial charge < -0.3 is 4.57 Å². The number of sulfonamides is 1. The van der Waals surface area contributed by atoms with Gasteiger partial charge in [-0.05, 0) is 25.0 Å². The van der Waals surface area contributed by atoms with E-state index in [-0.39, 0.29) is 5.75 Å². The van der Waals surface area contributed by atoms with Gasteiger partial charge in [-0.1, -0.05) is 0 Å². The molecule has 0 amide bonds. The molecule has 1 aliphatic heterocycles. The number of imidazole rings is 1. The first kappa shape index (κ1) is 14.2. The summed E-state index contributed by atoms with van der Waals surface area (Å²) < 4.78 is 28.0. The molecule has 0 saturated carbocycles. The maximum absolute atomic E-state index is 12.3. The number of rotatable bonds is 5. The lowest BCUT2D eigenvalue weighted by Gasteiger charge is -2.16. The van der Waals surface area contributed by atoms with Crippen LogP contribution in [0.3, 0.4) is 0 Å². The fourth-order valence-electron chi connectivity index (χ4n) is 2.56. The van der Waals surface area contributed by atoms with Gasteiger partial charge in [-0.3, -0.25) is 4.98 Å². The van der Waals surface area contributed by atoms with Crippen LogP contribution in [0.25, 0.3) is 11.4 Å². The Balaban J connectivity index is 1.73. The Bertz CT molecular complexity index is 691. The lowest BCUT2D eigenvalue weighted by atomic mass is 10.2. The summed E-state index contributed by atoms with van der Waals surface area (Å²) in [6, 6.07) is 3.74. The molecule has 2 aromatic rings. The average molecular weight is 306 g/mol. The quantitative estimate of drug-likeness (QED) is 0.836. The van der Waals surface area contributed by atoms with E-state index in [2.05, 4.69) is 9.97 Å². The molecular weight excluding hydrogens is 288 g/mol. The molecule has 0 unspecified atom stereocenters. The highest BCUT2D eigenvalue weighted by Gasteiger charge is 2.25. The van der Waals surface area contributed by atoms with Crippen LogP contribution in [-0.2, 0) is 16.6 Å². The summed E-state index contributed by atoms with van der Waals surface area (Å²) in [5, 5.41) is 0. The average Bonchev–Trinajstić information content (AvgIpc) is 3.18. The first-order valence-corrected chi connectivity index (χ1v) is 8.67. The van der Waals surface area contributed by atoms with Gasteiger partial charge in [0.05, 0.1) is 5.75 Å². The van der Waals surface area contributed by atoms with Crippen LogP contribution in [0.15, 0.2) is 36.9 Å². The van der Waals surface area contributed by atoms with Crippen LogP contribution in [0.4, 0.5) is 0 Å². The predicted molar refractivity (Wildman–Crippen MR) is 80.1 cm³/mol. The number of aryl methyl sites for hydroxylation is 1. The highest BCUT2D eigenvalue weighted by molar-refractivity contribution is 7.89. The van der Waals surface area contributed by atoms with Gasteiger partial charge in [0.2, 0.25) is 10.0 Å². The predicted octanol–water partition coefficient (Wildman–Crippen LogP) is 1.37. The third-order valence-electron chi connectivity index (χ3n) is 3.70. The Kier molecular flexibility index (Phi) is 4.03. The van der Waals surface area contributed by atoms with Gasteiger partial charge in [-0.25, -0.2) is 17.7 Å². The highest BCUT2D eigenvalue weighted by Crippen LogP contribution is 2.17. The lowest BCUT2D eigenvalue weighted by Crippen LogP contribution is -2.31. The van der Waals surface area contributed by atoms with Crippen molar-refractivity contribution in [1.29, 1.82) is 0 Å². The van der Waals surface area contributed by atoms with Gasteiger partial charge in [0.25, 0.3) is 0 Å². The molecule has 3 rings (SSSR count). The molecule has 1 aliphatic rings. The van der Waals surface area contributed by atoms with E-state index in [0.29, 0.717) is 19.6 Å². The number of nitrogens with zero attached hydrogens (tertiary/aromatic N) is 4. The Morgan fingerprint density at radius 2 is 1.81 bits per heavy atom. The SMILES string of the molecule is O=S(=O)(CCn1ccnc1-c1ccncc1)N1CCCC1. The van der Waals surface area contributed by atoms with Crippen LogP contribution in [0.2, 0.25) is 0 Å². The molecule has 112 valence electrons. The molecule has 1 fully saturated rings. The first-order chi connectivity index (χ1) is 10.2. The van der Waals surface area contributed by atoms with E-state index in [4.69, 9.17) is 0 Å². The zero-order valence-corrected chi connectivity index (χ0v) is 12.5. The monoisotopic (exact) mass is 306 g/mol. The summed E-state index contributed by atoms with van der Waals surface area (Å²) in [7, 11) is -3.16. The molecule has 0 radical (unpaired) electrons. The van der Waals surface area contributed by atoms with Crippen LogP contribution in [0, 0.1) is 0 Å². The van der Waals surface area contributed by atoms with Crippen molar-refractivity contribution in [2.75, 3.05) is 18.8 Å². The molecule has 3 heterocycles. The van der Waals surface area contributed by atoms with Crippen molar-refractivity contribution in [2.45, 2.75) is 19.4 Å². The third kappa shape index (κ3) is 3.14. The van der Waals surface area contributed by atoms with Crippen molar-refractivity contribution in [1.82, 2.24) is 18.8 Å². The molecule has 0 spiro atoms. The van der Waals surface area contributed by atoms with Crippen molar-refractivity contribution in [3.8, 4) is 11.4 Å². The summed E-state index contributed by atoms with van der Waals surface area (Å²) >= 11 is 0. The van der Waals surface area contributed by atoms with E-state index < -0.39 is 10.0 Å². The van der Waals surface area contributed by atoms with Gasteiger partial charge in [0, 0.05) is 50.0 Å². The molecule has 7 heteroatoms. The molecule has 1 saturated heterocycles. The largest absolute Gasteiger partial charge is 0.330 e. The second-order valence-electron chi connectivity index (χ2n) is 5.10. The zero-order valence-electron chi connectivity index (χ0n) is 11.7. The van der Waals surface area contributed by atoms with E-state index in [1.807, 2.05) is 22.9 Å². The van der Waals surface area contributed by atoms with E-state index in [1.54, 1.807) is 22.9 Å². The Morgan fingerprint density at radius 3 is 2.52 bits per heavy atom. The Morgan fingerprint density at radius 1 is 1.10 bits per heavy atom. The van der Waals surface area contributed by atoms with Gasteiger partial charge in [0.15, 0.2) is 0 Å². The van der Waals surface area contributed by atoms with Crippen LogP contribution in [0.5, 0.6) is 0 Å². The second-order valence-corrected chi connectivity index (χ2v) is 7.19. The normalized spacial score (nSPS) is 16.4. The number of pyridine rings is 1. The Labute approximate surface area is 124 Å². The standard InChI is InChI=1S/C14H18N4O2S/c19-21(20,18-8-1-2-9-18)12-11-17-10-7-16-14(17)13-3-5-15-6-4-13/h3-7,10H,1-2,8-9,11-12H2. The van der Waals surface area contributed by atoms with Crippen molar-refractivity contribution in [2.24, 2.45) is 0 Å². The maximum Gasteiger partial charge on any atom is 0.215 e. The van der Waals surface area contributed by atoms with E-state index >= 15 is 0 Å². The van der Waals surface area contributed by atoms with Crippen molar-refractivity contribution >= 4 is 10.0 Å². The van der Waals surface area contributed by atoms with Gasteiger partial charge in [0.1, 0.15) is 5.82 Å². The van der Waals surface area contributed by atoms with Gasteiger partial charge in [-0.15, -0.1) is 0 Å². The van der Waals surface area contributed by atoms with E-state index in [1.165, 1.54) is 0 Å². The third-order valence-corrected chi connectivity index (χ3v) is 5.55. The number of hydrogen-bond donors (Lipinski definition) is 0. The summed E-state index contributed by atoms with van der Waals surface area (Å²) in [6.07, 6.45) is 8.84. The summed E-state index contributed by atoms with van der Waals surface area (Å²) in [5.74, 6) is 0.885. The fourth-order valence-corrected chi connectivity index (χ4v) is 4.06. The molecule has 21 heavy (non-hydrogen) atoms. The smallest absolute Gasteiger partial charge is 0.215 e. The second kappa shape index (κ2) is 5.95. The fraction of sp³-hybridized carbons (Fsp3) is 0.429. The van der Waals surface area contributed by atoms with Crippen LogP contribution in [0.1, 0.15) is 12.8 Å². The van der Waals surface area contributed by atoms with Crippen LogP contribution >= 0.6 is 0 Å². The minimum atomic E-state index is -3.16. The maximum atomic E-state index is 12.3. The zero-order chi connectivity index (χ0) is 14.7. The minimum absolute atomic E-state index is 0.113. The molecular formula is C14H18N4O2S. The topological polar surface area (TPSA) is 68.1 Å². The summed E-state index contributed by atoms with van der Waals surface area (Å²) in [5.41, 5.74) is 0.938. The van der Waals surface area contributed by atoms with Crippen LogP contribution in [-0.4, -0.2) is 46.1 Å². The molecule has 0 aliphatic carbocycles. The number of hydrogen-bond acceptors (Lipinski definition) is 4. The van der Waals surface area contributed by atoms with Crippen molar-refractivity contribution in [3.05, 3.63) is 36.9 Å². The molecule has 0 aromatic carbocycles. The van der Waals surface area contributed by atoms with E-state index in [0.717, 1.165) is 24.2 Å². The first-order valence-electron chi connectivity index (χ1n) is 7.06. The lowest BCUT2D eigenvalue weighted by molar-refractivity contribution is 0.474. The van der Waals surface area contributed by atoms with Crippen molar-refractivity contribution in [3.63, 3.8) is 0 Å². The summed E-state index contributed by atoms with van der Waals surface area (Å²) in [6.45, 7) is 1.73. The molecule has 0 bridgehead atoms. The van der Waals surface area contributed by atoms with Crippen LogP contribution < -0.4 is 0 Å². The van der Waals surface area contributed by atoms with E-state index in [9.17, 15) is 8.42 Å². The highest BCUT2D eigenvalue weighted by atomic mass is 32.2. The molecule has 6 nitrogen and oxygen atoms in total. The number of aromatic nitrogens is 3. The van der Waals surface area contributed by atoms with Gasteiger partial charge in [-0.2, -0.15) is 0 Å². The van der Waals surface area contributed by atoms with Gasteiger partial charge >= 0.3 is 0 Å². The summed E-state index contributed by atoms with van der Waals surface area (Å²) in [4.78, 5) is 8.29. The molecule has 2 aromatic heterocycles. The van der Waals surface area contributed by atoms with Crippen molar-refractivity contribution < 1.29 is 8.42 Å². The molecule has 0 N–H and O–H groups in total. The molecule has 0 atom stereocenters. The Hall–Kier alpha value is -1.73. The minimum Gasteiger partial charge on any atom is -0.330 e.